The number of carbonyl (C=O) groups excluding carboxylic acids is 1. The first kappa shape index (κ1) is 15.4. The van der Waals surface area contributed by atoms with Crippen LogP contribution in [0.1, 0.15) is 33.9 Å². The minimum absolute atomic E-state index is 0.00650. The van der Waals surface area contributed by atoms with Crippen molar-refractivity contribution in [3.05, 3.63) is 64.1 Å². The van der Waals surface area contributed by atoms with Crippen LogP contribution in [0.15, 0.2) is 48.0 Å². The molecule has 2 heterocycles. The lowest BCUT2D eigenvalue weighted by Crippen LogP contribution is -2.29. The van der Waals surface area contributed by atoms with Gasteiger partial charge in [-0.15, -0.1) is 16.4 Å². The molecule has 1 amide bonds. The highest BCUT2D eigenvalue weighted by molar-refractivity contribution is 7.10. The summed E-state index contributed by atoms with van der Waals surface area (Å²) in [4.78, 5) is 15.4. The monoisotopic (exact) mass is 326 g/mol. The lowest BCUT2D eigenvalue weighted by molar-refractivity contribution is 0.0739. The fourth-order valence-corrected chi connectivity index (χ4v) is 3.09. The van der Waals surface area contributed by atoms with Crippen molar-refractivity contribution in [1.29, 1.82) is 0 Å². The number of aryl methyl sites for hydroxylation is 1. The number of hydrogen-bond acceptors (Lipinski definition) is 4. The maximum Gasteiger partial charge on any atom is 0.276 e. The van der Waals surface area contributed by atoms with Crippen LogP contribution in [0.4, 0.5) is 0 Å². The Labute approximate surface area is 139 Å². The predicted octanol–water partition coefficient (Wildman–Crippen LogP) is 3.47. The van der Waals surface area contributed by atoms with Gasteiger partial charge in [-0.3, -0.25) is 4.79 Å². The van der Waals surface area contributed by atoms with Gasteiger partial charge in [0.1, 0.15) is 0 Å². The molecule has 3 aromatic rings. The summed E-state index contributed by atoms with van der Waals surface area (Å²) in [6, 6.07) is 11.9. The summed E-state index contributed by atoms with van der Waals surface area (Å²) >= 11 is 1.64. The van der Waals surface area contributed by atoms with E-state index in [1.165, 1.54) is 5.56 Å². The molecule has 6 heteroatoms. The Kier molecular flexibility index (Phi) is 4.25. The summed E-state index contributed by atoms with van der Waals surface area (Å²) in [6.07, 6.45) is 1.67. The topological polar surface area (TPSA) is 51.0 Å². The number of carbonyl (C=O) groups is 1. The zero-order valence-corrected chi connectivity index (χ0v) is 14.1. The summed E-state index contributed by atoms with van der Waals surface area (Å²) < 4.78 is 1.62. The fraction of sp³-hybridized carbons (Fsp3) is 0.235. The first-order valence-electron chi connectivity index (χ1n) is 7.36. The summed E-state index contributed by atoms with van der Waals surface area (Å²) in [5, 5.41) is 10.1. The normalized spacial score (nSPS) is 12.1. The van der Waals surface area contributed by atoms with Gasteiger partial charge in [0.15, 0.2) is 5.69 Å². The molecule has 1 atom stereocenters. The predicted molar refractivity (Wildman–Crippen MR) is 90.9 cm³/mol. The van der Waals surface area contributed by atoms with E-state index in [-0.39, 0.29) is 11.9 Å². The third-order valence-corrected chi connectivity index (χ3v) is 4.91. The third-order valence-electron chi connectivity index (χ3n) is 3.87. The summed E-state index contributed by atoms with van der Waals surface area (Å²) in [6.45, 7) is 4.04. The van der Waals surface area contributed by atoms with Crippen molar-refractivity contribution in [3.8, 4) is 5.69 Å². The van der Waals surface area contributed by atoms with Crippen LogP contribution >= 0.6 is 11.3 Å². The quantitative estimate of drug-likeness (QED) is 0.737. The number of amides is 1. The minimum Gasteiger partial charge on any atom is -0.333 e. The Bertz CT molecular complexity index is 792. The molecule has 0 fully saturated rings. The van der Waals surface area contributed by atoms with E-state index in [0.29, 0.717) is 5.69 Å². The van der Waals surface area contributed by atoms with E-state index >= 15 is 0 Å². The van der Waals surface area contributed by atoms with Crippen molar-refractivity contribution >= 4 is 17.2 Å². The van der Waals surface area contributed by atoms with Gasteiger partial charge >= 0.3 is 0 Å². The first-order chi connectivity index (χ1) is 11.1. The second-order valence-corrected chi connectivity index (χ2v) is 6.47. The van der Waals surface area contributed by atoms with Crippen LogP contribution in [0.2, 0.25) is 0 Å². The smallest absolute Gasteiger partial charge is 0.276 e. The number of nitrogens with zero attached hydrogens (tertiary/aromatic N) is 4. The zero-order chi connectivity index (χ0) is 16.4. The van der Waals surface area contributed by atoms with Gasteiger partial charge in [-0.2, -0.15) is 0 Å². The number of hydrogen-bond donors (Lipinski definition) is 0. The third kappa shape index (κ3) is 3.17. The molecule has 118 valence electrons. The van der Waals surface area contributed by atoms with Crippen molar-refractivity contribution in [1.82, 2.24) is 19.9 Å². The van der Waals surface area contributed by atoms with Crippen LogP contribution in [0, 0.1) is 6.92 Å². The van der Waals surface area contributed by atoms with Crippen molar-refractivity contribution in [2.24, 2.45) is 0 Å². The molecule has 3 rings (SSSR count). The van der Waals surface area contributed by atoms with Gasteiger partial charge < -0.3 is 4.90 Å². The molecule has 0 aliphatic heterocycles. The average molecular weight is 326 g/mol. The maximum atomic E-state index is 12.6. The molecule has 0 saturated heterocycles. The maximum absolute atomic E-state index is 12.6. The SMILES string of the molecule is Cc1ccc(-n2cc(C(=O)N(C)C(C)c3cccs3)nn2)cc1. The van der Waals surface area contributed by atoms with Crippen LogP contribution in [-0.4, -0.2) is 32.8 Å². The Hall–Kier alpha value is -2.47. The van der Waals surface area contributed by atoms with E-state index in [2.05, 4.69) is 10.3 Å². The summed E-state index contributed by atoms with van der Waals surface area (Å²) in [5.41, 5.74) is 2.40. The molecule has 0 aliphatic rings. The van der Waals surface area contributed by atoms with Gasteiger partial charge in [0.05, 0.1) is 17.9 Å². The van der Waals surface area contributed by atoms with Crippen LogP contribution < -0.4 is 0 Å². The molecule has 0 N–H and O–H groups in total. The van der Waals surface area contributed by atoms with Crippen molar-refractivity contribution < 1.29 is 4.79 Å². The van der Waals surface area contributed by atoms with Crippen LogP contribution in [0.25, 0.3) is 5.69 Å². The molecule has 0 bridgehead atoms. The largest absolute Gasteiger partial charge is 0.333 e. The van der Waals surface area contributed by atoms with Gasteiger partial charge in [-0.25, -0.2) is 4.68 Å². The molecule has 0 radical (unpaired) electrons. The molecule has 1 unspecified atom stereocenters. The van der Waals surface area contributed by atoms with E-state index < -0.39 is 0 Å². The second kappa shape index (κ2) is 6.34. The van der Waals surface area contributed by atoms with Gasteiger partial charge in [0.25, 0.3) is 5.91 Å². The second-order valence-electron chi connectivity index (χ2n) is 5.49. The average Bonchev–Trinajstić information content (AvgIpc) is 3.25. The number of thiophene rings is 1. The lowest BCUT2D eigenvalue weighted by atomic mass is 10.2. The van der Waals surface area contributed by atoms with Gasteiger partial charge in [0.2, 0.25) is 0 Å². The number of rotatable bonds is 4. The van der Waals surface area contributed by atoms with Crippen molar-refractivity contribution in [2.75, 3.05) is 7.05 Å². The molecule has 0 aliphatic carbocycles. The van der Waals surface area contributed by atoms with Gasteiger partial charge in [-0.1, -0.05) is 29.0 Å². The molecule has 0 spiro atoms. The van der Waals surface area contributed by atoms with Crippen LogP contribution in [0.3, 0.4) is 0 Å². The first-order valence-corrected chi connectivity index (χ1v) is 8.24. The standard InChI is InChI=1S/C17H18N4OS/c1-12-6-8-14(9-7-12)21-11-15(18-19-21)17(22)20(3)13(2)16-5-4-10-23-16/h4-11,13H,1-3H3. The highest BCUT2D eigenvalue weighted by atomic mass is 32.1. The van der Waals surface area contributed by atoms with Crippen molar-refractivity contribution in [2.45, 2.75) is 19.9 Å². The lowest BCUT2D eigenvalue weighted by Gasteiger charge is -2.22. The number of benzene rings is 1. The highest BCUT2D eigenvalue weighted by Gasteiger charge is 2.22. The zero-order valence-electron chi connectivity index (χ0n) is 13.3. The summed E-state index contributed by atoms with van der Waals surface area (Å²) in [5.74, 6) is -0.135. The van der Waals surface area contributed by atoms with E-state index in [1.807, 2.05) is 55.6 Å². The Balaban J connectivity index is 1.79. The van der Waals surface area contributed by atoms with Gasteiger partial charge in [0, 0.05) is 11.9 Å². The molecular weight excluding hydrogens is 308 g/mol. The molecule has 23 heavy (non-hydrogen) atoms. The highest BCUT2D eigenvalue weighted by Crippen LogP contribution is 2.24. The molecule has 2 aromatic heterocycles. The van der Waals surface area contributed by atoms with E-state index in [0.717, 1.165) is 10.6 Å². The van der Waals surface area contributed by atoms with E-state index in [1.54, 1.807) is 34.2 Å². The Morgan fingerprint density at radius 1 is 1.26 bits per heavy atom. The van der Waals surface area contributed by atoms with E-state index in [9.17, 15) is 4.79 Å². The number of aromatic nitrogens is 3. The Morgan fingerprint density at radius 3 is 2.65 bits per heavy atom. The Morgan fingerprint density at radius 2 is 2.00 bits per heavy atom. The van der Waals surface area contributed by atoms with Crippen molar-refractivity contribution in [3.63, 3.8) is 0 Å². The van der Waals surface area contributed by atoms with Gasteiger partial charge in [-0.05, 0) is 37.4 Å². The van der Waals surface area contributed by atoms with E-state index in [4.69, 9.17) is 0 Å². The minimum atomic E-state index is -0.135. The van der Waals surface area contributed by atoms with Crippen LogP contribution in [-0.2, 0) is 0 Å². The van der Waals surface area contributed by atoms with Crippen LogP contribution in [0.5, 0.6) is 0 Å². The molecule has 0 saturated carbocycles. The molecule has 5 nitrogen and oxygen atoms in total. The molecule has 1 aromatic carbocycles. The molecular formula is C17H18N4OS. The fourth-order valence-electron chi connectivity index (χ4n) is 2.26. The summed E-state index contributed by atoms with van der Waals surface area (Å²) in [7, 11) is 1.79.